The molecule has 3 nitrogen and oxygen atoms in total. The number of aryl methyl sites for hydroxylation is 2. The summed E-state index contributed by atoms with van der Waals surface area (Å²) in [4.78, 5) is 0. The summed E-state index contributed by atoms with van der Waals surface area (Å²) in [6, 6.07) is 0. The number of hydrogen-bond acceptors (Lipinski definition) is 2. The Kier molecular flexibility index (Phi) is 1.94. The molecule has 56 valence electrons. The van der Waals surface area contributed by atoms with Crippen LogP contribution in [0.1, 0.15) is 12.5 Å². The van der Waals surface area contributed by atoms with Gasteiger partial charge < -0.3 is 4.74 Å². The van der Waals surface area contributed by atoms with E-state index in [0.29, 0.717) is 0 Å². The largest absolute Gasteiger partial charge is 0.480 e. The summed E-state index contributed by atoms with van der Waals surface area (Å²) >= 11 is 0. The molecule has 0 aliphatic rings. The van der Waals surface area contributed by atoms with Crippen LogP contribution in [0.15, 0.2) is 6.20 Å². The average Bonchev–Trinajstić information content (AvgIpc) is 2.30. The molecular formula is C7H12N2O. The van der Waals surface area contributed by atoms with E-state index in [4.69, 9.17) is 4.74 Å². The van der Waals surface area contributed by atoms with Crippen LogP contribution in [0.4, 0.5) is 0 Å². The highest BCUT2D eigenvalue weighted by Crippen LogP contribution is 2.14. The summed E-state index contributed by atoms with van der Waals surface area (Å²) in [6.45, 7) is 2.08. The third-order valence-corrected chi connectivity index (χ3v) is 1.44. The zero-order chi connectivity index (χ0) is 7.56. The summed E-state index contributed by atoms with van der Waals surface area (Å²) in [5.74, 6) is 0.741. The molecule has 0 aliphatic carbocycles. The fraction of sp³-hybridized carbons (Fsp3) is 0.571. The molecule has 0 saturated heterocycles. The van der Waals surface area contributed by atoms with Crippen LogP contribution >= 0.6 is 0 Å². The first-order chi connectivity index (χ1) is 4.77. The van der Waals surface area contributed by atoms with Gasteiger partial charge in [-0.2, -0.15) is 0 Å². The molecule has 0 spiro atoms. The van der Waals surface area contributed by atoms with E-state index in [9.17, 15) is 0 Å². The number of ether oxygens (including phenoxy) is 1. The molecular weight excluding hydrogens is 128 g/mol. The minimum absolute atomic E-state index is 0.741. The molecule has 0 amide bonds. The normalized spacial score (nSPS) is 9.90. The summed E-state index contributed by atoms with van der Waals surface area (Å²) in [5.41, 5.74) is 1.16. The van der Waals surface area contributed by atoms with Crippen molar-refractivity contribution in [1.29, 1.82) is 0 Å². The lowest BCUT2D eigenvalue weighted by molar-refractivity contribution is 0.388. The number of nitrogens with zero attached hydrogens (tertiary/aromatic N) is 2. The van der Waals surface area contributed by atoms with Gasteiger partial charge in [0.2, 0.25) is 5.88 Å². The first kappa shape index (κ1) is 7.12. The number of methoxy groups -OCH3 is 1. The lowest BCUT2D eigenvalue weighted by atomic mass is 10.3. The molecule has 0 N–H and O–H groups in total. The van der Waals surface area contributed by atoms with Crippen molar-refractivity contribution >= 4 is 0 Å². The van der Waals surface area contributed by atoms with Crippen molar-refractivity contribution in [2.24, 2.45) is 7.05 Å². The summed E-state index contributed by atoms with van der Waals surface area (Å²) < 4.78 is 6.79. The minimum Gasteiger partial charge on any atom is -0.480 e. The third kappa shape index (κ3) is 1.12. The highest BCUT2D eigenvalue weighted by Gasteiger charge is 2.03. The summed E-state index contributed by atoms with van der Waals surface area (Å²) in [6.07, 6.45) is 2.94. The Hall–Kier alpha value is -0.990. The fourth-order valence-electron chi connectivity index (χ4n) is 0.932. The van der Waals surface area contributed by atoms with E-state index >= 15 is 0 Å². The second-order valence-corrected chi connectivity index (χ2v) is 2.19. The lowest BCUT2D eigenvalue weighted by Crippen LogP contribution is -1.89. The van der Waals surface area contributed by atoms with Gasteiger partial charge in [0.25, 0.3) is 0 Å². The van der Waals surface area contributed by atoms with Crippen molar-refractivity contribution in [3.05, 3.63) is 11.8 Å². The number of hydrogen-bond donors (Lipinski definition) is 0. The maximum absolute atomic E-state index is 5.03. The van der Waals surface area contributed by atoms with E-state index in [1.54, 1.807) is 11.8 Å². The molecule has 0 radical (unpaired) electrons. The Labute approximate surface area is 60.6 Å². The lowest BCUT2D eigenvalue weighted by Gasteiger charge is -1.93. The van der Waals surface area contributed by atoms with Gasteiger partial charge in [-0.25, -0.2) is 0 Å². The van der Waals surface area contributed by atoms with Crippen molar-refractivity contribution in [2.45, 2.75) is 13.3 Å². The first-order valence-corrected chi connectivity index (χ1v) is 3.34. The molecule has 0 aromatic carbocycles. The van der Waals surface area contributed by atoms with E-state index in [0.717, 1.165) is 17.9 Å². The Balaban J connectivity index is 2.96. The monoisotopic (exact) mass is 140 g/mol. The second-order valence-electron chi connectivity index (χ2n) is 2.19. The molecule has 0 fully saturated rings. The average molecular weight is 140 g/mol. The van der Waals surface area contributed by atoms with Crippen LogP contribution in [0.2, 0.25) is 0 Å². The minimum atomic E-state index is 0.741. The highest BCUT2D eigenvalue weighted by molar-refractivity contribution is 5.22. The van der Waals surface area contributed by atoms with E-state index < -0.39 is 0 Å². The molecule has 1 rings (SSSR count). The first-order valence-electron chi connectivity index (χ1n) is 3.34. The van der Waals surface area contributed by atoms with Crippen molar-refractivity contribution in [3.8, 4) is 5.88 Å². The Morgan fingerprint density at radius 3 is 2.80 bits per heavy atom. The van der Waals surface area contributed by atoms with Gasteiger partial charge in [0.15, 0.2) is 0 Å². The van der Waals surface area contributed by atoms with E-state index in [1.807, 2.05) is 13.2 Å². The quantitative estimate of drug-likeness (QED) is 0.612. The van der Waals surface area contributed by atoms with Gasteiger partial charge >= 0.3 is 0 Å². The molecule has 0 bridgehead atoms. The maximum atomic E-state index is 5.03. The zero-order valence-electron chi connectivity index (χ0n) is 6.59. The van der Waals surface area contributed by atoms with Crippen molar-refractivity contribution in [1.82, 2.24) is 9.78 Å². The number of aromatic nitrogens is 2. The van der Waals surface area contributed by atoms with Crippen LogP contribution in [0.3, 0.4) is 0 Å². The Morgan fingerprint density at radius 1 is 1.70 bits per heavy atom. The molecule has 0 aliphatic heterocycles. The molecule has 10 heavy (non-hydrogen) atoms. The predicted octanol–water partition coefficient (Wildman–Crippen LogP) is 0.991. The van der Waals surface area contributed by atoms with Crippen LogP contribution in [0.25, 0.3) is 0 Å². The van der Waals surface area contributed by atoms with Gasteiger partial charge in [-0.15, -0.1) is 5.10 Å². The van der Waals surface area contributed by atoms with Crippen molar-refractivity contribution in [2.75, 3.05) is 7.11 Å². The topological polar surface area (TPSA) is 27.1 Å². The van der Waals surface area contributed by atoms with Crippen LogP contribution < -0.4 is 4.74 Å². The fourth-order valence-corrected chi connectivity index (χ4v) is 0.932. The summed E-state index contributed by atoms with van der Waals surface area (Å²) in [7, 11) is 3.53. The van der Waals surface area contributed by atoms with Crippen LogP contribution in [-0.4, -0.2) is 16.9 Å². The molecule has 0 atom stereocenters. The van der Waals surface area contributed by atoms with Gasteiger partial charge in [0.1, 0.15) is 0 Å². The number of rotatable bonds is 2. The maximum Gasteiger partial charge on any atom is 0.235 e. The van der Waals surface area contributed by atoms with Crippen molar-refractivity contribution < 1.29 is 4.74 Å². The molecule has 1 heterocycles. The standard InChI is InChI=1S/C7H12N2O/c1-4-6-5-9(2)8-7(6)10-3/h5H,4H2,1-3H3. The zero-order valence-corrected chi connectivity index (χ0v) is 6.59. The molecule has 1 aromatic heterocycles. The van der Waals surface area contributed by atoms with Crippen LogP contribution in [0, 0.1) is 0 Å². The third-order valence-electron chi connectivity index (χ3n) is 1.44. The van der Waals surface area contributed by atoms with E-state index in [2.05, 4.69) is 12.0 Å². The van der Waals surface area contributed by atoms with Gasteiger partial charge in [-0.1, -0.05) is 6.92 Å². The molecule has 0 unspecified atom stereocenters. The van der Waals surface area contributed by atoms with Gasteiger partial charge in [-0.05, 0) is 6.42 Å². The second kappa shape index (κ2) is 2.73. The Morgan fingerprint density at radius 2 is 2.40 bits per heavy atom. The van der Waals surface area contributed by atoms with Crippen LogP contribution in [-0.2, 0) is 13.5 Å². The SMILES string of the molecule is CCc1cn(C)nc1OC. The van der Waals surface area contributed by atoms with E-state index in [1.165, 1.54) is 0 Å². The van der Waals surface area contributed by atoms with Gasteiger partial charge in [0, 0.05) is 18.8 Å². The van der Waals surface area contributed by atoms with Crippen LogP contribution in [0.5, 0.6) is 5.88 Å². The smallest absolute Gasteiger partial charge is 0.235 e. The molecule has 1 aromatic rings. The molecule has 3 heteroatoms. The predicted molar refractivity (Wildman–Crippen MR) is 39.1 cm³/mol. The molecule has 0 saturated carbocycles. The summed E-state index contributed by atoms with van der Waals surface area (Å²) in [5, 5.41) is 4.09. The Bertz CT molecular complexity index is 196. The highest BCUT2D eigenvalue weighted by atomic mass is 16.5. The van der Waals surface area contributed by atoms with Gasteiger partial charge in [0.05, 0.1) is 7.11 Å². The van der Waals surface area contributed by atoms with Gasteiger partial charge in [-0.3, -0.25) is 4.68 Å². The van der Waals surface area contributed by atoms with Crippen molar-refractivity contribution in [3.63, 3.8) is 0 Å². The van der Waals surface area contributed by atoms with E-state index in [-0.39, 0.29) is 0 Å².